The van der Waals surface area contributed by atoms with Gasteiger partial charge in [-0.05, 0) is 99.6 Å². The smallest absolute Gasteiger partial charge is 0.268 e. The summed E-state index contributed by atoms with van der Waals surface area (Å²) in [6.07, 6.45) is 7.15. The van der Waals surface area contributed by atoms with Crippen LogP contribution in [0.1, 0.15) is 20.7 Å². The molecule has 3 aromatic heterocycles. The zero-order valence-electron chi connectivity index (χ0n) is 28.9. The highest BCUT2D eigenvalue weighted by Crippen LogP contribution is 2.43. The summed E-state index contributed by atoms with van der Waals surface area (Å²) in [5.74, 6) is -0.710. The van der Waals surface area contributed by atoms with E-state index in [-0.39, 0.29) is 11.8 Å². The van der Waals surface area contributed by atoms with Gasteiger partial charge in [-0.1, -0.05) is 97.1 Å². The van der Waals surface area contributed by atoms with E-state index in [2.05, 4.69) is 69.1 Å². The van der Waals surface area contributed by atoms with E-state index in [4.69, 9.17) is 0 Å². The van der Waals surface area contributed by atoms with E-state index in [1.807, 2.05) is 97.1 Å². The highest BCUT2D eigenvalue weighted by molar-refractivity contribution is 6.36. The predicted octanol–water partition coefficient (Wildman–Crippen LogP) is 11.0. The number of aromatic nitrogens is 3. The van der Waals surface area contributed by atoms with Crippen molar-refractivity contribution >= 4 is 39.3 Å². The number of hydrogen-bond acceptors (Lipinski definition) is 4. The van der Waals surface area contributed by atoms with Crippen molar-refractivity contribution in [2.75, 3.05) is 4.90 Å². The largest absolute Gasteiger partial charge is 0.308 e. The summed E-state index contributed by atoms with van der Waals surface area (Å²) in [7, 11) is 0. The minimum atomic E-state index is -0.360. The molecule has 0 unspecified atom stereocenters. The summed E-state index contributed by atoms with van der Waals surface area (Å²) in [6.45, 7) is 0. The second kappa shape index (κ2) is 12.7. The van der Waals surface area contributed by atoms with Gasteiger partial charge in [0.05, 0.1) is 33.5 Å². The maximum absolute atomic E-state index is 15.0. The third-order valence-corrected chi connectivity index (χ3v) is 10.4. The fourth-order valence-corrected chi connectivity index (χ4v) is 7.79. The van der Waals surface area contributed by atoms with E-state index in [1.54, 1.807) is 30.9 Å². The molecule has 0 atom stereocenters. The van der Waals surface area contributed by atoms with Gasteiger partial charge in [0.25, 0.3) is 11.8 Å². The van der Waals surface area contributed by atoms with Crippen molar-refractivity contribution in [1.82, 2.24) is 14.5 Å². The standard InChI is InChI=1S/C48H30N4O2/c53-47-40-12-7-13-43(46(40)48(54)52(47)42-19-16-35(31-8-3-1-4-9-31)28-41(42)34-10-5-2-6-11-34)51-44-29-36(32-20-24-49-25-21-32)14-17-38(44)39-18-15-37(30-45(39)51)33-22-26-50-27-23-33/h1-30H. The molecule has 0 aliphatic carbocycles. The molecule has 0 saturated carbocycles. The van der Waals surface area contributed by atoms with Gasteiger partial charge in [-0.3, -0.25) is 19.6 Å². The number of anilines is 1. The van der Waals surface area contributed by atoms with Crippen LogP contribution >= 0.6 is 0 Å². The quantitative estimate of drug-likeness (QED) is 0.163. The molecule has 6 heteroatoms. The van der Waals surface area contributed by atoms with Crippen LogP contribution < -0.4 is 4.90 Å². The molecule has 6 nitrogen and oxygen atoms in total. The Kier molecular flexibility index (Phi) is 7.34. The molecule has 0 bridgehead atoms. The molecule has 0 fully saturated rings. The minimum Gasteiger partial charge on any atom is -0.308 e. The number of rotatable bonds is 6. The minimum absolute atomic E-state index is 0.350. The fraction of sp³-hybridized carbons (Fsp3) is 0. The molecule has 1 aliphatic rings. The van der Waals surface area contributed by atoms with Crippen LogP contribution in [0.25, 0.3) is 72.0 Å². The molecule has 0 spiro atoms. The first-order valence-corrected chi connectivity index (χ1v) is 17.8. The van der Waals surface area contributed by atoms with Gasteiger partial charge in [0.15, 0.2) is 0 Å². The molecule has 0 radical (unpaired) electrons. The van der Waals surface area contributed by atoms with Crippen LogP contribution in [0.3, 0.4) is 0 Å². The van der Waals surface area contributed by atoms with Gasteiger partial charge in [0.2, 0.25) is 0 Å². The maximum atomic E-state index is 15.0. The van der Waals surface area contributed by atoms with Crippen molar-refractivity contribution in [2.24, 2.45) is 0 Å². The first kappa shape index (κ1) is 31.3. The monoisotopic (exact) mass is 694 g/mol. The Hall–Kier alpha value is -7.44. The Morgan fingerprint density at radius 2 is 0.889 bits per heavy atom. The summed E-state index contributed by atoms with van der Waals surface area (Å²) in [5.41, 5.74) is 11.6. The summed E-state index contributed by atoms with van der Waals surface area (Å²) in [5, 5.41) is 2.08. The van der Waals surface area contributed by atoms with Gasteiger partial charge in [0.1, 0.15) is 0 Å². The maximum Gasteiger partial charge on any atom is 0.268 e. The number of nitrogens with zero attached hydrogens (tertiary/aromatic N) is 4. The second-order valence-electron chi connectivity index (χ2n) is 13.4. The first-order valence-electron chi connectivity index (χ1n) is 17.8. The molecule has 0 saturated heterocycles. The molecule has 2 amide bonds. The van der Waals surface area contributed by atoms with E-state index in [0.29, 0.717) is 22.5 Å². The number of imide groups is 1. The fourth-order valence-electron chi connectivity index (χ4n) is 7.79. The van der Waals surface area contributed by atoms with Gasteiger partial charge >= 0.3 is 0 Å². The molecule has 54 heavy (non-hydrogen) atoms. The van der Waals surface area contributed by atoms with Gasteiger partial charge in [-0.25, -0.2) is 4.90 Å². The number of benzene rings is 6. The van der Waals surface area contributed by atoms with E-state index in [0.717, 1.165) is 66.3 Å². The van der Waals surface area contributed by atoms with E-state index in [9.17, 15) is 9.59 Å². The number of carbonyl (C=O) groups excluding carboxylic acids is 2. The first-order chi connectivity index (χ1) is 26.6. The van der Waals surface area contributed by atoms with Crippen LogP contribution in [0.5, 0.6) is 0 Å². The second-order valence-corrected chi connectivity index (χ2v) is 13.4. The van der Waals surface area contributed by atoms with Crippen LogP contribution in [0.15, 0.2) is 183 Å². The van der Waals surface area contributed by atoms with Crippen molar-refractivity contribution in [2.45, 2.75) is 0 Å². The average molecular weight is 695 g/mol. The molecule has 9 aromatic rings. The highest BCUT2D eigenvalue weighted by Gasteiger charge is 2.40. The van der Waals surface area contributed by atoms with Gasteiger partial charge in [-0.2, -0.15) is 0 Å². The SMILES string of the molecule is O=C1c2cccc(-n3c4cc(-c5ccncc5)ccc4c4ccc(-c5ccncc5)cc43)c2C(=O)N1c1ccc(-c2ccccc2)cc1-c1ccccc1. The number of pyridine rings is 2. The summed E-state index contributed by atoms with van der Waals surface area (Å²) < 4.78 is 2.14. The number of hydrogen-bond donors (Lipinski definition) is 0. The van der Waals surface area contributed by atoms with Crippen molar-refractivity contribution in [3.05, 3.63) is 194 Å². The molecule has 254 valence electrons. The predicted molar refractivity (Wildman–Crippen MR) is 216 cm³/mol. The average Bonchev–Trinajstić information content (AvgIpc) is 3.71. The lowest BCUT2D eigenvalue weighted by Crippen LogP contribution is -2.30. The van der Waals surface area contributed by atoms with Crippen molar-refractivity contribution < 1.29 is 9.59 Å². The molecule has 10 rings (SSSR count). The zero-order chi connectivity index (χ0) is 36.2. The van der Waals surface area contributed by atoms with Crippen molar-refractivity contribution in [3.8, 4) is 50.2 Å². The molecule has 0 N–H and O–H groups in total. The van der Waals surface area contributed by atoms with E-state index < -0.39 is 0 Å². The van der Waals surface area contributed by atoms with Crippen molar-refractivity contribution in [1.29, 1.82) is 0 Å². The number of amides is 2. The molecule has 6 aromatic carbocycles. The van der Waals surface area contributed by atoms with Crippen LogP contribution in [0, 0.1) is 0 Å². The van der Waals surface area contributed by atoms with Crippen LogP contribution in [-0.2, 0) is 0 Å². The van der Waals surface area contributed by atoms with Crippen LogP contribution in [0.4, 0.5) is 5.69 Å². The van der Waals surface area contributed by atoms with Gasteiger partial charge < -0.3 is 4.57 Å². The third-order valence-electron chi connectivity index (χ3n) is 10.4. The Bertz CT molecular complexity index is 2810. The summed E-state index contributed by atoms with van der Waals surface area (Å²) >= 11 is 0. The van der Waals surface area contributed by atoms with Crippen molar-refractivity contribution in [3.63, 3.8) is 0 Å². The Balaban J connectivity index is 1.19. The number of fused-ring (bicyclic) bond motifs is 4. The Morgan fingerprint density at radius 1 is 0.370 bits per heavy atom. The number of carbonyl (C=O) groups is 2. The molecular formula is C48H30N4O2. The van der Waals surface area contributed by atoms with Crippen LogP contribution in [0.2, 0.25) is 0 Å². The molecule has 4 heterocycles. The van der Waals surface area contributed by atoms with E-state index in [1.165, 1.54) is 4.90 Å². The normalized spacial score (nSPS) is 12.5. The lowest BCUT2D eigenvalue weighted by Gasteiger charge is -2.20. The lowest BCUT2D eigenvalue weighted by atomic mass is 9.97. The topological polar surface area (TPSA) is 68.1 Å². The highest BCUT2D eigenvalue weighted by atomic mass is 16.2. The summed E-state index contributed by atoms with van der Waals surface area (Å²) in [4.78, 5) is 39.3. The lowest BCUT2D eigenvalue weighted by molar-refractivity contribution is 0.0926. The van der Waals surface area contributed by atoms with Crippen LogP contribution in [-0.4, -0.2) is 26.3 Å². The molecule has 1 aliphatic heterocycles. The van der Waals surface area contributed by atoms with Gasteiger partial charge in [0, 0.05) is 41.1 Å². The Morgan fingerprint density at radius 3 is 1.48 bits per heavy atom. The summed E-state index contributed by atoms with van der Waals surface area (Å²) in [6, 6.07) is 52.4. The van der Waals surface area contributed by atoms with E-state index >= 15 is 0 Å². The molecular weight excluding hydrogens is 665 g/mol. The van der Waals surface area contributed by atoms with Gasteiger partial charge in [-0.15, -0.1) is 0 Å². The zero-order valence-corrected chi connectivity index (χ0v) is 28.9. The Labute approximate surface area is 311 Å². The third kappa shape index (κ3) is 5.04.